The largest absolute Gasteiger partial charge is 0.396 e. The fourth-order valence-corrected chi connectivity index (χ4v) is 4.86. The number of aliphatic hydroxyl groups excluding tert-OH is 1. The monoisotopic (exact) mass is 409 g/mol. The molecule has 156 valence electrons. The van der Waals surface area contributed by atoms with Crippen LogP contribution in [-0.2, 0) is 27.3 Å². The van der Waals surface area contributed by atoms with E-state index in [1.165, 1.54) is 6.20 Å². The number of fused-ring (bicyclic) bond motifs is 1. The fourth-order valence-electron chi connectivity index (χ4n) is 4.86. The number of aromatic nitrogens is 1. The first-order valence-electron chi connectivity index (χ1n) is 10.1. The summed E-state index contributed by atoms with van der Waals surface area (Å²) >= 11 is 0. The summed E-state index contributed by atoms with van der Waals surface area (Å²) in [6.07, 6.45) is 5.57. The van der Waals surface area contributed by atoms with Gasteiger partial charge in [0.15, 0.2) is 5.76 Å². The lowest BCUT2D eigenvalue weighted by atomic mass is 9.76. The summed E-state index contributed by atoms with van der Waals surface area (Å²) in [5.41, 5.74) is 1.01. The zero-order valence-corrected chi connectivity index (χ0v) is 16.6. The first-order valence-corrected chi connectivity index (χ1v) is 10.1. The first-order chi connectivity index (χ1) is 14.5. The van der Waals surface area contributed by atoms with E-state index in [4.69, 9.17) is 14.4 Å². The molecule has 1 aromatic heterocycles. The normalized spacial score (nSPS) is 28.9. The van der Waals surface area contributed by atoms with E-state index in [-0.39, 0.29) is 25.0 Å². The highest BCUT2D eigenvalue weighted by molar-refractivity contribution is 6.03. The number of hydrogen-bond donors (Lipinski definition) is 1. The SMILES string of the molecule is CN(Cc1ccno1)C(=O)C1C2C(=O)N(c3ccc(CCO)cc3)C[C@]23C=C[C@H]1O3. The summed E-state index contributed by atoms with van der Waals surface area (Å²) in [6.45, 7) is 0.757. The molecule has 3 aliphatic rings. The molecule has 2 bridgehead atoms. The van der Waals surface area contributed by atoms with Crippen LogP contribution in [0, 0.1) is 11.8 Å². The van der Waals surface area contributed by atoms with Crippen LogP contribution in [0.1, 0.15) is 11.3 Å². The van der Waals surface area contributed by atoms with Gasteiger partial charge in [-0.2, -0.15) is 0 Å². The molecule has 8 nitrogen and oxygen atoms in total. The number of rotatable bonds is 6. The minimum atomic E-state index is -0.765. The van der Waals surface area contributed by atoms with Gasteiger partial charge in [0, 0.05) is 25.4 Å². The number of aliphatic hydroxyl groups is 1. The molecule has 2 fully saturated rings. The molecular formula is C22H23N3O5. The van der Waals surface area contributed by atoms with Crippen LogP contribution in [0.3, 0.4) is 0 Å². The van der Waals surface area contributed by atoms with E-state index in [1.54, 1.807) is 22.9 Å². The molecule has 2 amide bonds. The average molecular weight is 409 g/mol. The van der Waals surface area contributed by atoms with Gasteiger partial charge in [0.2, 0.25) is 11.8 Å². The van der Waals surface area contributed by atoms with E-state index in [0.29, 0.717) is 18.7 Å². The number of benzene rings is 1. The zero-order valence-electron chi connectivity index (χ0n) is 16.6. The average Bonchev–Trinajstić information content (AvgIpc) is 3.51. The third kappa shape index (κ3) is 2.86. The van der Waals surface area contributed by atoms with Crippen molar-refractivity contribution < 1.29 is 24.0 Å². The van der Waals surface area contributed by atoms with E-state index >= 15 is 0 Å². The molecule has 0 saturated carbocycles. The van der Waals surface area contributed by atoms with E-state index < -0.39 is 23.5 Å². The maximum atomic E-state index is 13.4. The van der Waals surface area contributed by atoms with Crippen molar-refractivity contribution in [2.75, 3.05) is 25.1 Å². The topological polar surface area (TPSA) is 96.1 Å². The van der Waals surface area contributed by atoms with Gasteiger partial charge in [0.1, 0.15) is 5.60 Å². The van der Waals surface area contributed by atoms with Crippen molar-refractivity contribution in [2.45, 2.75) is 24.7 Å². The van der Waals surface area contributed by atoms with Crippen LogP contribution < -0.4 is 4.90 Å². The number of amides is 2. The third-order valence-electron chi connectivity index (χ3n) is 6.29. The van der Waals surface area contributed by atoms with E-state index in [0.717, 1.165) is 11.3 Å². The van der Waals surface area contributed by atoms with E-state index in [2.05, 4.69) is 5.16 Å². The number of carbonyl (C=O) groups is 2. The standard InChI is InChI=1S/C22H23N3O5/c1-24(12-16-7-10-23-30-16)20(27)18-17-6-9-22(29-17)13-25(21(28)19(18)22)15-4-2-14(3-5-15)8-11-26/h2-7,9-10,17-19,26H,8,11-13H2,1H3/t17-,18?,19?,22-/m1/s1. The van der Waals surface area contributed by atoms with Gasteiger partial charge < -0.3 is 24.2 Å². The lowest BCUT2D eigenvalue weighted by Gasteiger charge is -2.27. The maximum Gasteiger partial charge on any atom is 0.234 e. The molecule has 1 N–H and O–H groups in total. The van der Waals surface area contributed by atoms with E-state index in [1.807, 2.05) is 36.4 Å². The summed E-state index contributed by atoms with van der Waals surface area (Å²) in [6, 6.07) is 9.29. The van der Waals surface area contributed by atoms with Crippen molar-refractivity contribution >= 4 is 17.5 Å². The minimum absolute atomic E-state index is 0.0819. The Kier molecular flexibility index (Phi) is 4.48. The third-order valence-corrected chi connectivity index (χ3v) is 6.29. The molecule has 2 aromatic rings. The Balaban J connectivity index is 1.39. The summed E-state index contributed by atoms with van der Waals surface area (Å²) in [7, 11) is 1.70. The molecule has 1 spiro atoms. The van der Waals surface area contributed by atoms with Crippen molar-refractivity contribution in [3.8, 4) is 0 Å². The number of carbonyl (C=O) groups excluding carboxylic acids is 2. The van der Waals surface area contributed by atoms with Crippen LogP contribution in [0.5, 0.6) is 0 Å². The molecular weight excluding hydrogens is 386 g/mol. The molecule has 8 heteroatoms. The van der Waals surface area contributed by atoms with Crippen molar-refractivity contribution in [1.29, 1.82) is 0 Å². The Morgan fingerprint density at radius 3 is 2.83 bits per heavy atom. The molecule has 2 saturated heterocycles. The Hall–Kier alpha value is -2.97. The Morgan fingerprint density at radius 1 is 1.33 bits per heavy atom. The molecule has 4 heterocycles. The van der Waals surface area contributed by atoms with Crippen molar-refractivity contribution in [2.24, 2.45) is 11.8 Å². The molecule has 3 aliphatic heterocycles. The number of nitrogens with zero attached hydrogens (tertiary/aromatic N) is 3. The minimum Gasteiger partial charge on any atom is -0.396 e. The van der Waals surface area contributed by atoms with Crippen molar-refractivity contribution in [3.63, 3.8) is 0 Å². The molecule has 4 atom stereocenters. The molecule has 1 aromatic carbocycles. The summed E-state index contributed by atoms with van der Waals surface area (Å²) < 4.78 is 11.3. The highest BCUT2D eigenvalue weighted by atomic mass is 16.5. The molecule has 2 unspecified atom stereocenters. The van der Waals surface area contributed by atoms with Crippen LogP contribution in [0.2, 0.25) is 0 Å². The maximum absolute atomic E-state index is 13.4. The first kappa shape index (κ1) is 19.0. The lowest BCUT2D eigenvalue weighted by Crippen LogP contribution is -2.44. The van der Waals surface area contributed by atoms with Gasteiger partial charge in [-0.05, 0) is 24.1 Å². The smallest absolute Gasteiger partial charge is 0.234 e. The number of anilines is 1. The highest BCUT2D eigenvalue weighted by Gasteiger charge is 2.67. The van der Waals surface area contributed by atoms with Crippen LogP contribution in [0.4, 0.5) is 5.69 Å². The van der Waals surface area contributed by atoms with Crippen LogP contribution in [0.15, 0.2) is 53.2 Å². The Bertz CT molecular complexity index is 987. The molecule has 5 rings (SSSR count). The summed E-state index contributed by atoms with van der Waals surface area (Å²) in [4.78, 5) is 29.9. The molecule has 0 radical (unpaired) electrons. The van der Waals surface area contributed by atoms with Gasteiger partial charge in [-0.25, -0.2) is 0 Å². The van der Waals surface area contributed by atoms with Crippen LogP contribution >= 0.6 is 0 Å². The van der Waals surface area contributed by atoms with Crippen molar-refractivity contribution in [1.82, 2.24) is 10.1 Å². The van der Waals surface area contributed by atoms with Gasteiger partial charge in [-0.3, -0.25) is 9.59 Å². The Morgan fingerprint density at radius 2 is 2.13 bits per heavy atom. The van der Waals surface area contributed by atoms with Gasteiger partial charge in [-0.15, -0.1) is 0 Å². The van der Waals surface area contributed by atoms with Gasteiger partial charge in [0.05, 0.1) is 37.2 Å². The number of ether oxygens (including phenoxy) is 1. The fraction of sp³-hybridized carbons (Fsp3) is 0.409. The van der Waals surface area contributed by atoms with Crippen LogP contribution in [-0.4, -0.2) is 58.9 Å². The molecule has 30 heavy (non-hydrogen) atoms. The lowest BCUT2D eigenvalue weighted by molar-refractivity contribution is -0.139. The molecule has 0 aliphatic carbocycles. The predicted molar refractivity (Wildman–Crippen MR) is 106 cm³/mol. The Labute approximate surface area is 173 Å². The second kappa shape index (κ2) is 7.07. The predicted octanol–water partition coefficient (Wildman–Crippen LogP) is 1.15. The second-order valence-corrected chi connectivity index (χ2v) is 8.14. The van der Waals surface area contributed by atoms with Gasteiger partial charge in [0.25, 0.3) is 0 Å². The second-order valence-electron chi connectivity index (χ2n) is 8.14. The highest BCUT2D eigenvalue weighted by Crippen LogP contribution is 2.53. The summed E-state index contributed by atoms with van der Waals surface area (Å²) in [5, 5.41) is 12.8. The van der Waals surface area contributed by atoms with E-state index in [9.17, 15) is 9.59 Å². The van der Waals surface area contributed by atoms with Crippen LogP contribution in [0.25, 0.3) is 0 Å². The quantitative estimate of drug-likeness (QED) is 0.720. The number of hydrogen-bond acceptors (Lipinski definition) is 6. The van der Waals surface area contributed by atoms with Gasteiger partial charge in [-0.1, -0.05) is 29.4 Å². The summed E-state index contributed by atoms with van der Waals surface area (Å²) in [5.74, 6) is -0.754. The zero-order chi connectivity index (χ0) is 20.9. The van der Waals surface area contributed by atoms with Crippen molar-refractivity contribution in [3.05, 3.63) is 60.0 Å². The van der Waals surface area contributed by atoms with Gasteiger partial charge >= 0.3 is 0 Å².